The van der Waals surface area contributed by atoms with Crippen LogP contribution in [0.1, 0.15) is 49.2 Å². The second-order valence-electron chi connectivity index (χ2n) is 5.97. The maximum absolute atomic E-state index is 13.7. The number of carbonyl (C=O) groups is 2. The molecule has 1 atom stereocenters. The van der Waals surface area contributed by atoms with Crippen molar-refractivity contribution in [2.45, 2.75) is 45.7 Å². The molecule has 1 amide bonds. The quantitative estimate of drug-likeness (QED) is 0.676. The number of ether oxygens (including phenoxy) is 1. The van der Waals surface area contributed by atoms with Crippen LogP contribution < -0.4 is 5.32 Å². The number of hydrogen-bond donors (Lipinski definition) is 1. The maximum Gasteiger partial charge on any atom is 0.307 e. The first-order valence-corrected chi connectivity index (χ1v) is 8.74. The van der Waals surface area contributed by atoms with E-state index in [0.717, 1.165) is 18.6 Å². The minimum absolute atomic E-state index is 0.00305. The molecular weight excluding hydrogens is 358 g/mol. The number of benzene rings is 1. The van der Waals surface area contributed by atoms with Crippen molar-refractivity contribution >= 4 is 11.9 Å². The number of nitrogens with one attached hydrogen (secondary N) is 1. The van der Waals surface area contributed by atoms with Gasteiger partial charge >= 0.3 is 5.97 Å². The van der Waals surface area contributed by atoms with Crippen molar-refractivity contribution in [3.05, 3.63) is 47.3 Å². The van der Waals surface area contributed by atoms with Crippen LogP contribution in [0.5, 0.6) is 0 Å². The molecule has 0 spiro atoms. The lowest BCUT2D eigenvalue weighted by Gasteiger charge is -2.16. The summed E-state index contributed by atoms with van der Waals surface area (Å²) in [6, 6.07) is 3.17. The third kappa shape index (κ3) is 5.83. The summed E-state index contributed by atoms with van der Waals surface area (Å²) in [6.45, 7) is 3.72. The van der Waals surface area contributed by atoms with Crippen LogP contribution in [-0.2, 0) is 16.1 Å². The SMILES string of the molecule is CCCC(CC(=O)OCC)NC(=O)c1cn(Cc2c(F)cccc2F)nn1. The molecule has 146 valence electrons. The monoisotopic (exact) mass is 380 g/mol. The van der Waals surface area contributed by atoms with E-state index in [0.29, 0.717) is 6.42 Å². The van der Waals surface area contributed by atoms with E-state index in [9.17, 15) is 18.4 Å². The van der Waals surface area contributed by atoms with Crippen LogP contribution >= 0.6 is 0 Å². The predicted molar refractivity (Wildman–Crippen MR) is 92.9 cm³/mol. The first kappa shape index (κ1) is 20.5. The van der Waals surface area contributed by atoms with Gasteiger partial charge in [0.1, 0.15) is 11.6 Å². The first-order chi connectivity index (χ1) is 12.9. The Balaban J connectivity index is 2.03. The Morgan fingerprint density at radius 2 is 1.96 bits per heavy atom. The third-order valence-electron chi connectivity index (χ3n) is 3.84. The second-order valence-corrected chi connectivity index (χ2v) is 5.97. The number of aromatic nitrogens is 3. The number of nitrogens with zero attached hydrogens (tertiary/aromatic N) is 3. The summed E-state index contributed by atoms with van der Waals surface area (Å²) in [5, 5.41) is 10.2. The van der Waals surface area contributed by atoms with Crippen LogP contribution in [0.25, 0.3) is 0 Å². The summed E-state index contributed by atoms with van der Waals surface area (Å²) in [4.78, 5) is 24.0. The Bertz CT molecular complexity index is 774. The van der Waals surface area contributed by atoms with Gasteiger partial charge in [0.2, 0.25) is 0 Å². The van der Waals surface area contributed by atoms with Crippen molar-refractivity contribution < 1.29 is 23.1 Å². The fourth-order valence-electron chi connectivity index (χ4n) is 2.58. The van der Waals surface area contributed by atoms with Gasteiger partial charge in [0.25, 0.3) is 5.91 Å². The summed E-state index contributed by atoms with van der Waals surface area (Å²) in [6.07, 6.45) is 2.72. The molecule has 1 unspecified atom stereocenters. The van der Waals surface area contributed by atoms with Gasteiger partial charge in [0.15, 0.2) is 5.69 Å². The molecule has 27 heavy (non-hydrogen) atoms. The zero-order chi connectivity index (χ0) is 19.8. The molecule has 2 aromatic rings. The van der Waals surface area contributed by atoms with Crippen LogP contribution in [0.2, 0.25) is 0 Å². The van der Waals surface area contributed by atoms with Crippen molar-refractivity contribution in [1.82, 2.24) is 20.3 Å². The highest BCUT2D eigenvalue weighted by atomic mass is 19.1. The maximum atomic E-state index is 13.7. The molecule has 0 aliphatic heterocycles. The van der Waals surface area contributed by atoms with Crippen molar-refractivity contribution in [3.8, 4) is 0 Å². The number of rotatable bonds is 9. The Hall–Kier alpha value is -2.84. The largest absolute Gasteiger partial charge is 0.466 e. The molecule has 0 aliphatic carbocycles. The summed E-state index contributed by atoms with van der Waals surface area (Å²) in [7, 11) is 0. The van der Waals surface area contributed by atoms with Crippen molar-refractivity contribution in [1.29, 1.82) is 0 Å². The molecule has 0 fully saturated rings. The van der Waals surface area contributed by atoms with E-state index in [2.05, 4.69) is 15.6 Å². The highest BCUT2D eigenvalue weighted by molar-refractivity contribution is 5.92. The number of halogens is 2. The van der Waals surface area contributed by atoms with Crippen molar-refractivity contribution in [2.24, 2.45) is 0 Å². The zero-order valence-electron chi connectivity index (χ0n) is 15.2. The molecule has 0 bridgehead atoms. The number of esters is 1. The van der Waals surface area contributed by atoms with E-state index in [1.54, 1.807) is 6.92 Å². The van der Waals surface area contributed by atoms with E-state index in [1.807, 2.05) is 6.92 Å². The fourth-order valence-corrected chi connectivity index (χ4v) is 2.58. The minimum atomic E-state index is -0.700. The highest BCUT2D eigenvalue weighted by Crippen LogP contribution is 2.13. The first-order valence-electron chi connectivity index (χ1n) is 8.74. The average Bonchev–Trinajstić information content (AvgIpc) is 3.07. The lowest BCUT2D eigenvalue weighted by molar-refractivity contribution is -0.143. The predicted octanol–water partition coefficient (Wildman–Crippen LogP) is 2.46. The smallest absolute Gasteiger partial charge is 0.307 e. The molecule has 0 saturated carbocycles. The van der Waals surface area contributed by atoms with Crippen LogP contribution in [0.4, 0.5) is 8.78 Å². The molecule has 1 aromatic carbocycles. The summed E-state index contributed by atoms with van der Waals surface area (Å²) < 4.78 is 33.5. The Labute approximate surface area is 155 Å². The fraction of sp³-hybridized carbons (Fsp3) is 0.444. The van der Waals surface area contributed by atoms with Gasteiger partial charge in [-0.25, -0.2) is 13.5 Å². The van der Waals surface area contributed by atoms with Crippen LogP contribution in [0.3, 0.4) is 0 Å². The Morgan fingerprint density at radius 3 is 2.59 bits per heavy atom. The van der Waals surface area contributed by atoms with E-state index in [4.69, 9.17) is 4.74 Å². The molecule has 1 N–H and O–H groups in total. The molecule has 7 nitrogen and oxygen atoms in total. The zero-order valence-corrected chi connectivity index (χ0v) is 15.2. The molecular formula is C18H22F2N4O3. The lowest BCUT2D eigenvalue weighted by Crippen LogP contribution is -2.37. The second kappa shape index (κ2) is 9.75. The van der Waals surface area contributed by atoms with Gasteiger partial charge in [-0.2, -0.15) is 0 Å². The van der Waals surface area contributed by atoms with Gasteiger partial charge in [0, 0.05) is 11.6 Å². The topological polar surface area (TPSA) is 86.1 Å². The number of hydrogen-bond acceptors (Lipinski definition) is 5. The van der Waals surface area contributed by atoms with Gasteiger partial charge in [-0.05, 0) is 25.5 Å². The van der Waals surface area contributed by atoms with Gasteiger partial charge < -0.3 is 10.1 Å². The molecule has 9 heteroatoms. The molecule has 1 aromatic heterocycles. The summed E-state index contributed by atoms with van der Waals surface area (Å²) in [5.74, 6) is -2.31. The van der Waals surface area contributed by atoms with E-state index >= 15 is 0 Å². The molecule has 2 rings (SSSR count). The molecule has 0 aliphatic rings. The van der Waals surface area contributed by atoms with E-state index in [-0.39, 0.29) is 30.8 Å². The van der Waals surface area contributed by atoms with Crippen molar-refractivity contribution in [2.75, 3.05) is 6.61 Å². The number of carbonyl (C=O) groups excluding carboxylic acids is 2. The standard InChI is InChI=1S/C18H22F2N4O3/c1-3-6-12(9-17(25)27-4-2)21-18(26)16-11-24(23-22-16)10-13-14(19)7-5-8-15(13)20/h5,7-8,11-12H,3-4,6,9-10H2,1-2H3,(H,21,26). The lowest BCUT2D eigenvalue weighted by atomic mass is 10.1. The summed E-state index contributed by atoms with van der Waals surface area (Å²) >= 11 is 0. The van der Waals surface area contributed by atoms with Crippen LogP contribution in [0, 0.1) is 11.6 Å². The summed E-state index contributed by atoms with van der Waals surface area (Å²) in [5.41, 5.74) is -0.169. The number of amides is 1. The highest BCUT2D eigenvalue weighted by Gasteiger charge is 2.20. The Morgan fingerprint density at radius 1 is 1.26 bits per heavy atom. The van der Waals surface area contributed by atoms with Crippen LogP contribution in [0.15, 0.2) is 24.4 Å². The normalized spacial score (nSPS) is 11.9. The van der Waals surface area contributed by atoms with Gasteiger partial charge in [-0.3, -0.25) is 9.59 Å². The van der Waals surface area contributed by atoms with E-state index < -0.39 is 29.6 Å². The average molecular weight is 380 g/mol. The molecule has 0 radical (unpaired) electrons. The Kier molecular flexibility index (Phi) is 7.39. The molecule has 0 saturated heterocycles. The van der Waals surface area contributed by atoms with Gasteiger partial charge in [-0.15, -0.1) is 5.10 Å². The minimum Gasteiger partial charge on any atom is -0.466 e. The van der Waals surface area contributed by atoms with Gasteiger partial charge in [-0.1, -0.05) is 24.6 Å². The van der Waals surface area contributed by atoms with E-state index in [1.165, 1.54) is 16.9 Å². The van der Waals surface area contributed by atoms with Gasteiger partial charge in [0.05, 0.1) is 25.8 Å². The van der Waals surface area contributed by atoms with Crippen molar-refractivity contribution in [3.63, 3.8) is 0 Å². The van der Waals surface area contributed by atoms with Crippen LogP contribution in [-0.4, -0.2) is 39.5 Å². The molecule has 1 heterocycles. The third-order valence-corrected chi connectivity index (χ3v) is 3.84.